The van der Waals surface area contributed by atoms with E-state index >= 15 is 0 Å². The van der Waals surface area contributed by atoms with Crippen molar-refractivity contribution in [2.24, 2.45) is 11.7 Å². The molecule has 0 aliphatic heterocycles. The average molecular weight is 253 g/mol. The summed E-state index contributed by atoms with van der Waals surface area (Å²) in [6.45, 7) is 6.36. The van der Waals surface area contributed by atoms with Gasteiger partial charge >= 0.3 is 0 Å². The standard InChI is InChI=1S/C14H23NO3/c1-10(2)14(3,16)9-18-12-6-5-11(8-15)7-13(12)17-4/h5-7,10,16H,8-9,15H2,1-4H3. The topological polar surface area (TPSA) is 64.7 Å². The molecule has 1 aromatic rings. The lowest BCUT2D eigenvalue weighted by molar-refractivity contribution is -0.0271. The highest BCUT2D eigenvalue weighted by Gasteiger charge is 2.26. The molecule has 102 valence electrons. The highest BCUT2D eigenvalue weighted by molar-refractivity contribution is 5.42. The van der Waals surface area contributed by atoms with E-state index in [1.54, 1.807) is 14.0 Å². The molecule has 1 unspecified atom stereocenters. The van der Waals surface area contributed by atoms with Crippen LogP contribution in [0.1, 0.15) is 26.3 Å². The fourth-order valence-corrected chi connectivity index (χ4v) is 1.35. The highest BCUT2D eigenvalue weighted by atomic mass is 16.5. The summed E-state index contributed by atoms with van der Waals surface area (Å²) < 4.78 is 10.9. The smallest absolute Gasteiger partial charge is 0.161 e. The first-order valence-corrected chi connectivity index (χ1v) is 6.13. The Balaban J connectivity index is 2.79. The van der Waals surface area contributed by atoms with Gasteiger partial charge in [-0.3, -0.25) is 0 Å². The van der Waals surface area contributed by atoms with Crippen molar-refractivity contribution in [2.45, 2.75) is 32.9 Å². The minimum Gasteiger partial charge on any atom is -0.493 e. The molecule has 1 aromatic carbocycles. The molecular formula is C14H23NO3. The molecule has 0 radical (unpaired) electrons. The van der Waals surface area contributed by atoms with Gasteiger partial charge in [0.25, 0.3) is 0 Å². The van der Waals surface area contributed by atoms with Crippen LogP contribution in [-0.2, 0) is 6.54 Å². The van der Waals surface area contributed by atoms with Gasteiger partial charge in [0.1, 0.15) is 6.61 Å². The van der Waals surface area contributed by atoms with Crippen molar-refractivity contribution in [2.75, 3.05) is 13.7 Å². The molecule has 0 fully saturated rings. The highest BCUT2D eigenvalue weighted by Crippen LogP contribution is 2.29. The largest absolute Gasteiger partial charge is 0.493 e. The van der Waals surface area contributed by atoms with Crippen LogP contribution >= 0.6 is 0 Å². The predicted molar refractivity (Wildman–Crippen MR) is 71.8 cm³/mol. The number of hydrogen-bond acceptors (Lipinski definition) is 4. The Labute approximate surface area is 109 Å². The fourth-order valence-electron chi connectivity index (χ4n) is 1.35. The van der Waals surface area contributed by atoms with Crippen LogP contribution in [-0.4, -0.2) is 24.4 Å². The Morgan fingerprint density at radius 3 is 2.50 bits per heavy atom. The van der Waals surface area contributed by atoms with E-state index in [4.69, 9.17) is 15.2 Å². The lowest BCUT2D eigenvalue weighted by atomic mass is 9.94. The molecule has 1 rings (SSSR count). The summed E-state index contributed by atoms with van der Waals surface area (Å²) in [6.07, 6.45) is 0. The van der Waals surface area contributed by atoms with Crippen LogP contribution in [0.15, 0.2) is 18.2 Å². The van der Waals surface area contributed by atoms with Crippen molar-refractivity contribution >= 4 is 0 Å². The minimum atomic E-state index is -0.864. The molecule has 0 amide bonds. The molecule has 4 heteroatoms. The number of rotatable bonds is 6. The lowest BCUT2D eigenvalue weighted by Crippen LogP contribution is -2.37. The normalized spacial score (nSPS) is 14.4. The summed E-state index contributed by atoms with van der Waals surface area (Å²) in [5.41, 5.74) is 5.69. The van der Waals surface area contributed by atoms with E-state index in [-0.39, 0.29) is 12.5 Å². The SMILES string of the molecule is COc1cc(CN)ccc1OCC(C)(O)C(C)C. The Morgan fingerprint density at radius 1 is 1.33 bits per heavy atom. The summed E-state index contributed by atoms with van der Waals surface area (Å²) in [7, 11) is 1.59. The zero-order valence-corrected chi connectivity index (χ0v) is 11.6. The Morgan fingerprint density at radius 2 is 2.00 bits per heavy atom. The number of benzene rings is 1. The molecule has 0 aliphatic carbocycles. The third kappa shape index (κ3) is 3.62. The second-order valence-electron chi connectivity index (χ2n) is 4.99. The first kappa shape index (κ1) is 14.8. The van der Waals surface area contributed by atoms with E-state index in [9.17, 15) is 5.11 Å². The molecule has 0 saturated carbocycles. The monoisotopic (exact) mass is 253 g/mol. The van der Waals surface area contributed by atoms with Gasteiger partial charge in [-0.15, -0.1) is 0 Å². The van der Waals surface area contributed by atoms with Crippen molar-refractivity contribution in [1.82, 2.24) is 0 Å². The summed E-state index contributed by atoms with van der Waals surface area (Å²) in [4.78, 5) is 0. The zero-order valence-electron chi connectivity index (χ0n) is 11.6. The molecule has 0 heterocycles. The molecule has 3 N–H and O–H groups in total. The molecule has 0 saturated heterocycles. The number of hydrogen-bond donors (Lipinski definition) is 2. The van der Waals surface area contributed by atoms with E-state index in [0.717, 1.165) is 5.56 Å². The van der Waals surface area contributed by atoms with E-state index in [1.165, 1.54) is 0 Å². The number of ether oxygens (including phenoxy) is 2. The van der Waals surface area contributed by atoms with Gasteiger partial charge in [-0.2, -0.15) is 0 Å². The van der Waals surface area contributed by atoms with Crippen molar-refractivity contribution < 1.29 is 14.6 Å². The Bertz CT molecular complexity index is 389. The molecule has 0 spiro atoms. The second kappa shape index (κ2) is 6.07. The van der Waals surface area contributed by atoms with Gasteiger partial charge < -0.3 is 20.3 Å². The number of methoxy groups -OCH3 is 1. The van der Waals surface area contributed by atoms with Gasteiger partial charge in [-0.25, -0.2) is 0 Å². The zero-order chi connectivity index (χ0) is 13.8. The maximum Gasteiger partial charge on any atom is 0.161 e. The first-order chi connectivity index (χ1) is 8.40. The fraction of sp³-hybridized carbons (Fsp3) is 0.571. The van der Waals surface area contributed by atoms with Crippen LogP contribution in [0, 0.1) is 5.92 Å². The summed E-state index contributed by atoms with van der Waals surface area (Å²) in [5.74, 6) is 1.37. The maximum atomic E-state index is 10.1. The van der Waals surface area contributed by atoms with E-state index in [0.29, 0.717) is 18.0 Å². The quantitative estimate of drug-likeness (QED) is 0.813. The van der Waals surface area contributed by atoms with Gasteiger partial charge in [-0.1, -0.05) is 19.9 Å². The molecule has 0 aliphatic rings. The number of aliphatic hydroxyl groups is 1. The van der Waals surface area contributed by atoms with Crippen molar-refractivity contribution in [3.05, 3.63) is 23.8 Å². The van der Waals surface area contributed by atoms with Gasteiger partial charge in [0.15, 0.2) is 11.5 Å². The first-order valence-electron chi connectivity index (χ1n) is 6.13. The molecule has 0 aromatic heterocycles. The van der Waals surface area contributed by atoms with E-state index in [2.05, 4.69) is 0 Å². The molecule has 4 nitrogen and oxygen atoms in total. The van der Waals surface area contributed by atoms with Crippen LogP contribution in [0.25, 0.3) is 0 Å². The van der Waals surface area contributed by atoms with Gasteiger partial charge in [0, 0.05) is 6.54 Å². The average Bonchev–Trinajstić information content (AvgIpc) is 2.35. The van der Waals surface area contributed by atoms with E-state index in [1.807, 2.05) is 32.0 Å². The van der Waals surface area contributed by atoms with Crippen LogP contribution in [0.4, 0.5) is 0 Å². The van der Waals surface area contributed by atoms with Crippen LogP contribution in [0.2, 0.25) is 0 Å². The second-order valence-corrected chi connectivity index (χ2v) is 4.99. The van der Waals surface area contributed by atoms with Crippen molar-refractivity contribution in [3.8, 4) is 11.5 Å². The van der Waals surface area contributed by atoms with Gasteiger partial charge in [-0.05, 0) is 30.5 Å². The van der Waals surface area contributed by atoms with Crippen LogP contribution in [0.3, 0.4) is 0 Å². The Kier molecular flexibility index (Phi) is 4.99. The number of nitrogens with two attached hydrogens (primary N) is 1. The minimum absolute atomic E-state index is 0.117. The van der Waals surface area contributed by atoms with E-state index < -0.39 is 5.60 Å². The maximum absolute atomic E-state index is 10.1. The summed E-state index contributed by atoms with van der Waals surface area (Å²) in [5, 5.41) is 10.1. The summed E-state index contributed by atoms with van der Waals surface area (Å²) >= 11 is 0. The Hall–Kier alpha value is -1.26. The molecule has 0 bridgehead atoms. The molecule has 1 atom stereocenters. The lowest BCUT2D eigenvalue weighted by Gasteiger charge is -2.27. The van der Waals surface area contributed by atoms with Crippen LogP contribution in [0.5, 0.6) is 11.5 Å². The van der Waals surface area contributed by atoms with Gasteiger partial charge in [0.05, 0.1) is 12.7 Å². The third-order valence-electron chi connectivity index (χ3n) is 3.23. The van der Waals surface area contributed by atoms with Gasteiger partial charge in [0.2, 0.25) is 0 Å². The summed E-state index contributed by atoms with van der Waals surface area (Å²) in [6, 6.07) is 5.55. The van der Waals surface area contributed by atoms with Crippen molar-refractivity contribution in [3.63, 3.8) is 0 Å². The van der Waals surface area contributed by atoms with Crippen molar-refractivity contribution in [1.29, 1.82) is 0 Å². The molecule has 18 heavy (non-hydrogen) atoms. The third-order valence-corrected chi connectivity index (χ3v) is 3.23. The molecular weight excluding hydrogens is 230 g/mol. The van der Waals surface area contributed by atoms with Crippen LogP contribution < -0.4 is 15.2 Å². The predicted octanol–water partition coefficient (Wildman–Crippen LogP) is 1.94.